The topological polar surface area (TPSA) is 71.4 Å². The number of nitrogens with zero attached hydrogens (tertiary/aromatic N) is 2. The molecule has 1 unspecified atom stereocenters. The van der Waals surface area contributed by atoms with Crippen molar-refractivity contribution in [1.29, 1.82) is 0 Å². The molecule has 0 saturated carbocycles. The Hall–Kier alpha value is -2.28. The molecule has 3 rings (SSSR count). The van der Waals surface area contributed by atoms with Gasteiger partial charge >= 0.3 is 0 Å². The van der Waals surface area contributed by atoms with Crippen LogP contribution in [0.4, 0.5) is 5.69 Å². The number of sulfonamides is 1. The molecule has 1 aliphatic heterocycles. The SMILES string of the molecule is CC(NC(=O)c1cccn1C)c1ccc(N2CCCS2(=O)=O)cc1. The van der Waals surface area contributed by atoms with Gasteiger partial charge in [-0.15, -0.1) is 0 Å². The van der Waals surface area contributed by atoms with Crippen molar-refractivity contribution in [2.24, 2.45) is 7.05 Å². The first kappa shape index (κ1) is 16.6. The van der Waals surface area contributed by atoms with Gasteiger partial charge in [-0.25, -0.2) is 8.42 Å². The molecule has 1 aliphatic rings. The van der Waals surface area contributed by atoms with Gasteiger partial charge in [0, 0.05) is 19.8 Å². The van der Waals surface area contributed by atoms with Crippen LogP contribution in [0.1, 0.15) is 35.4 Å². The maximum atomic E-state index is 12.3. The minimum Gasteiger partial charge on any atom is -0.347 e. The third kappa shape index (κ3) is 3.17. The number of anilines is 1. The second-order valence-electron chi connectivity index (χ2n) is 6.03. The van der Waals surface area contributed by atoms with E-state index in [4.69, 9.17) is 0 Å². The summed E-state index contributed by atoms with van der Waals surface area (Å²) in [7, 11) is -1.34. The van der Waals surface area contributed by atoms with Gasteiger partial charge in [0.15, 0.2) is 0 Å². The summed E-state index contributed by atoms with van der Waals surface area (Å²) in [5.41, 5.74) is 2.21. The summed E-state index contributed by atoms with van der Waals surface area (Å²) in [4.78, 5) is 12.3. The van der Waals surface area contributed by atoms with Crippen molar-refractivity contribution in [2.45, 2.75) is 19.4 Å². The molecule has 1 aromatic carbocycles. The zero-order chi connectivity index (χ0) is 17.3. The molecule has 1 aromatic heterocycles. The molecular weight excluding hydrogens is 326 g/mol. The van der Waals surface area contributed by atoms with Crippen molar-refractivity contribution >= 4 is 21.6 Å². The molecule has 0 spiro atoms. The lowest BCUT2D eigenvalue weighted by Gasteiger charge is -2.19. The Morgan fingerprint density at radius 2 is 1.92 bits per heavy atom. The van der Waals surface area contributed by atoms with Crippen molar-refractivity contribution in [3.8, 4) is 0 Å². The summed E-state index contributed by atoms with van der Waals surface area (Å²) >= 11 is 0. The van der Waals surface area contributed by atoms with Gasteiger partial charge in [-0.1, -0.05) is 12.1 Å². The Bertz CT molecular complexity index is 840. The highest BCUT2D eigenvalue weighted by Gasteiger charge is 2.28. The quantitative estimate of drug-likeness (QED) is 0.920. The van der Waals surface area contributed by atoms with E-state index in [1.165, 1.54) is 4.31 Å². The van der Waals surface area contributed by atoms with E-state index >= 15 is 0 Å². The first-order valence-electron chi connectivity index (χ1n) is 7.91. The van der Waals surface area contributed by atoms with Crippen molar-refractivity contribution < 1.29 is 13.2 Å². The lowest BCUT2D eigenvalue weighted by molar-refractivity contribution is 0.0931. The number of carbonyl (C=O) groups excluding carboxylic acids is 1. The van der Waals surface area contributed by atoms with E-state index < -0.39 is 10.0 Å². The van der Waals surface area contributed by atoms with Crippen molar-refractivity contribution in [1.82, 2.24) is 9.88 Å². The number of hydrogen-bond acceptors (Lipinski definition) is 3. The maximum Gasteiger partial charge on any atom is 0.268 e. The zero-order valence-electron chi connectivity index (χ0n) is 13.8. The van der Waals surface area contributed by atoms with Crippen LogP contribution in [0.5, 0.6) is 0 Å². The van der Waals surface area contributed by atoms with Crippen LogP contribution in [-0.4, -0.2) is 31.2 Å². The van der Waals surface area contributed by atoms with E-state index in [0.29, 0.717) is 24.3 Å². The molecule has 2 aromatic rings. The Kier molecular flexibility index (Phi) is 4.36. The molecule has 1 N–H and O–H groups in total. The molecule has 7 heteroatoms. The van der Waals surface area contributed by atoms with Crippen molar-refractivity contribution in [3.63, 3.8) is 0 Å². The second-order valence-corrected chi connectivity index (χ2v) is 8.05. The van der Waals surface area contributed by atoms with E-state index in [1.54, 1.807) is 22.8 Å². The first-order chi connectivity index (χ1) is 11.4. The van der Waals surface area contributed by atoms with Gasteiger partial charge in [0.2, 0.25) is 10.0 Å². The first-order valence-corrected chi connectivity index (χ1v) is 9.52. The molecule has 6 nitrogen and oxygen atoms in total. The van der Waals surface area contributed by atoms with Gasteiger partial charge < -0.3 is 9.88 Å². The average Bonchev–Trinajstić information content (AvgIpc) is 3.12. The van der Waals surface area contributed by atoms with E-state index in [-0.39, 0.29) is 17.7 Å². The number of aryl methyl sites for hydroxylation is 1. The number of carbonyl (C=O) groups is 1. The number of aromatic nitrogens is 1. The fourth-order valence-corrected chi connectivity index (χ4v) is 4.47. The molecule has 1 saturated heterocycles. The van der Waals surface area contributed by atoms with Crippen LogP contribution in [0.25, 0.3) is 0 Å². The van der Waals surface area contributed by atoms with E-state index in [9.17, 15) is 13.2 Å². The predicted molar refractivity (Wildman–Crippen MR) is 93.5 cm³/mol. The van der Waals surface area contributed by atoms with E-state index in [1.807, 2.05) is 38.4 Å². The number of amides is 1. The zero-order valence-corrected chi connectivity index (χ0v) is 14.6. The smallest absolute Gasteiger partial charge is 0.268 e. The Balaban J connectivity index is 1.71. The highest BCUT2D eigenvalue weighted by Crippen LogP contribution is 2.25. The third-order valence-corrected chi connectivity index (χ3v) is 6.17. The molecule has 128 valence electrons. The van der Waals surface area contributed by atoms with Gasteiger partial charge in [-0.2, -0.15) is 0 Å². The summed E-state index contributed by atoms with van der Waals surface area (Å²) in [6, 6.07) is 10.7. The molecule has 0 bridgehead atoms. The molecule has 0 radical (unpaired) electrons. The molecule has 24 heavy (non-hydrogen) atoms. The number of nitrogens with one attached hydrogen (secondary N) is 1. The molecule has 1 atom stereocenters. The summed E-state index contributed by atoms with van der Waals surface area (Å²) < 4.78 is 27.1. The predicted octanol–water partition coefficient (Wildman–Crippen LogP) is 2.06. The van der Waals surface area contributed by atoms with Crippen LogP contribution in [0.3, 0.4) is 0 Å². The van der Waals surface area contributed by atoms with Crippen molar-refractivity contribution in [3.05, 3.63) is 53.9 Å². The minimum absolute atomic E-state index is 0.138. The second kappa shape index (κ2) is 6.32. The fourth-order valence-electron chi connectivity index (χ4n) is 2.91. The lowest BCUT2D eigenvalue weighted by atomic mass is 10.1. The number of benzene rings is 1. The summed E-state index contributed by atoms with van der Waals surface area (Å²) in [6.07, 6.45) is 2.48. The normalized spacial score (nSPS) is 17.7. The van der Waals surface area contributed by atoms with Crippen LogP contribution in [0.15, 0.2) is 42.6 Å². The summed E-state index contributed by atoms with van der Waals surface area (Å²) in [5, 5.41) is 2.95. The maximum absolute atomic E-state index is 12.3. The van der Waals surface area contributed by atoms with Crippen LogP contribution in [0, 0.1) is 0 Å². The van der Waals surface area contributed by atoms with Crippen LogP contribution >= 0.6 is 0 Å². The van der Waals surface area contributed by atoms with Crippen LogP contribution in [-0.2, 0) is 17.1 Å². The average molecular weight is 347 g/mol. The van der Waals surface area contributed by atoms with Gasteiger partial charge in [-0.3, -0.25) is 9.10 Å². The van der Waals surface area contributed by atoms with Gasteiger partial charge in [-0.05, 0) is 43.2 Å². The summed E-state index contributed by atoms with van der Waals surface area (Å²) in [5.74, 6) is 0.0684. The Morgan fingerprint density at radius 3 is 2.46 bits per heavy atom. The standard InChI is InChI=1S/C17H21N3O3S/c1-13(18-17(21)16-5-3-10-19(16)2)14-6-8-15(9-7-14)20-11-4-12-24(20,22)23/h3,5-10,13H,4,11-12H2,1-2H3,(H,18,21). The van der Waals surface area contributed by atoms with Gasteiger partial charge in [0.25, 0.3) is 5.91 Å². The molecule has 1 fully saturated rings. The molecule has 0 aliphatic carbocycles. The highest BCUT2D eigenvalue weighted by molar-refractivity contribution is 7.93. The number of hydrogen-bond donors (Lipinski definition) is 1. The highest BCUT2D eigenvalue weighted by atomic mass is 32.2. The molecule has 2 heterocycles. The molecule has 1 amide bonds. The largest absolute Gasteiger partial charge is 0.347 e. The van der Waals surface area contributed by atoms with E-state index in [0.717, 1.165) is 5.56 Å². The number of rotatable bonds is 4. The Morgan fingerprint density at radius 1 is 1.21 bits per heavy atom. The third-order valence-electron chi connectivity index (χ3n) is 4.30. The Labute approximate surface area is 142 Å². The van der Waals surface area contributed by atoms with E-state index in [2.05, 4.69) is 5.32 Å². The van der Waals surface area contributed by atoms with Crippen molar-refractivity contribution in [2.75, 3.05) is 16.6 Å². The summed E-state index contributed by atoms with van der Waals surface area (Å²) in [6.45, 7) is 2.43. The van der Waals surface area contributed by atoms with Gasteiger partial charge in [0.05, 0.1) is 17.5 Å². The lowest BCUT2D eigenvalue weighted by Crippen LogP contribution is -2.28. The molecular formula is C17H21N3O3S. The van der Waals surface area contributed by atoms with Crippen LogP contribution < -0.4 is 9.62 Å². The minimum atomic E-state index is -3.17. The van der Waals surface area contributed by atoms with Crippen LogP contribution in [0.2, 0.25) is 0 Å². The van der Waals surface area contributed by atoms with Gasteiger partial charge in [0.1, 0.15) is 5.69 Å². The monoisotopic (exact) mass is 347 g/mol. The fraction of sp³-hybridized carbons (Fsp3) is 0.353.